The van der Waals surface area contributed by atoms with Gasteiger partial charge in [0.05, 0.1) is 31.8 Å². The summed E-state index contributed by atoms with van der Waals surface area (Å²) in [5, 5.41) is 0.524. The van der Waals surface area contributed by atoms with Crippen LogP contribution in [0.4, 0.5) is 0 Å². The SMILES string of the molecule is COC(=O)CC(B1OC(C)(C)C(C)(C)O1)c1cc(Cl)cc(OC)c1. The number of benzene rings is 1. The van der Waals surface area contributed by atoms with E-state index in [4.69, 9.17) is 30.4 Å². The van der Waals surface area contributed by atoms with Gasteiger partial charge in [-0.2, -0.15) is 0 Å². The van der Waals surface area contributed by atoms with Crippen LogP contribution in [0, 0.1) is 0 Å². The zero-order valence-electron chi connectivity index (χ0n) is 15.0. The number of ether oxygens (including phenoxy) is 2. The van der Waals surface area contributed by atoms with Gasteiger partial charge in [0.1, 0.15) is 5.75 Å². The first-order valence-electron chi connectivity index (χ1n) is 7.86. The van der Waals surface area contributed by atoms with Gasteiger partial charge in [0.25, 0.3) is 0 Å². The van der Waals surface area contributed by atoms with E-state index in [1.54, 1.807) is 19.2 Å². The molecule has 0 bridgehead atoms. The van der Waals surface area contributed by atoms with Crippen LogP contribution in [0.2, 0.25) is 5.02 Å². The molecular weight excluding hydrogens is 330 g/mol. The maximum Gasteiger partial charge on any atom is 0.466 e. The molecule has 1 unspecified atom stereocenters. The van der Waals surface area contributed by atoms with Crippen molar-refractivity contribution in [2.75, 3.05) is 14.2 Å². The molecule has 132 valence electrons. The van der Waals surface area contributed by atoms with E-state index in [2.05, 4.69) is 0 Å². The van der Waals surface area contributed by atoms with Gasteiger partial charge < -0.3 is 18.8 Å². The minimum atomic E-state index is -0.586. The highest BCUT2D eigenvalue weighted by Gasteiger charge is 2.54. The summed E-state index contributed by atoms with van der Waals surface area (Å²) < 4.78 is 22.4. The zero-order chi connectivity index (χ0) is 18.1. The van der Waals surface area contributed by atoms with Crippen molar-refractivity contribution >= 4 is 24.7 Å². The predicted octanol–water partition coefficient (Wildman–Crippen LogP) is 3.63. The monoisotopic (exact) mass is 354 g/mol. The van der Waals surface area contributed by atoms with E-state index in [9.17, 15) is 4.79 Å². The summed E-state index contributed by atoms with van der Waals surface area (Å²) in [4.78, 5) is 11.9. The van der Waals surface area contributed by atoms with E-state index in [0.29, 0.717) is 10.8 Å². The van der Waals surface area contributed by atoms with E-state index in [-0.39, 0.29) is 18.2 Å². The molecule has 1 aromatic carbocycles. The fourth-order valence-electron chi connectivity index (χ4n) is 2.60. The lowest BCUT2D eigenvalue weighted by Crippen LogP contribution is -2.41. The van der Waals surface area contributed by atoms with E-state index in [1.165, 1.54) is 7.11 Å². The zero-order valence-corrected chi connectivity index (χ0v) is 15.8. The smallest absolute Gasteiger partial charge is 0.466 e. The molecule has 5 nitrogen and oxygen atoms in total. The van der Waals surface area contributed by atoms with Gasteiger partial charge in [-0.15, -0.1) is 0 Å². The Morgan fingerprint density at radius 3 is 2.25 bits per heavy atom. The van der Waals surface area contributed by atoms with E-state index < -0.39 is 18.3 Å². The fourth-order valence-corrected chi connectivity index (χ4v) is 2.84. The summed E-state index contributed by atoms with van der Waals surface area (Å²) in [5.74, 6) is -0.0800. The Labute approximate surface area is 148 Å². The molecule has 0 aliphatic carbocycles. The summed E-state index contributed by atoms with van der Waals surface area (Å²) in [6, 6.07) is 5.34. The number of hydrogen-bond donors (Lipinski definition) is 0. The van der Waals surface area contributed by atoms with E-state index in [0.717, 1.165) is 5.56 Å². The lowest BCUT2D eigenvalue weighted by atomic mass is 9.66. The van der Waals surface area contributed by atoms with Gasteiger partial charge in [0.2, 0.25) is 0 Å². The van der Waals surface area contributed by atoms with Gasteiger partial charge in [0.15, 0.2) is 0 Å². The first-order chi connectivity index (χ1) is 11.1. The molecule has 0 radical (unpaired) electrons. The highest BCUT2D eigenvalue weighted by molar-refractivity contribution is 6.48. The Morgan fingerprint density at radius 1 is 1.17 bits per heavy atom. The molecule has 1 atom stereocenters. The van der Waals surface area contributed by atoms with Crippen LogP contribution in [0.5, 0.6) is 5.75 Å². The second-order valence-electron chi connectivity index (χ2n) is 6.94. The molecule has 0 aromatic heterocycles. The number of halogens is 1. The molecule has 7 heteroatoms. The van der Waals surface area contributed by atoms with Crippen LogP contribution in [-0.4, -0.2) is 38.5 Å². The normalized spacial score (nSPS) is 19.9. The van der Waals surface area contributed by atoms with Crippen molar-refractivity contribution < 1.29 is 23.6 Å². The Balaban J connectivity index is 2.39. The van der Waals surface area contributed by atoms with Crippen molar-refractivity contribution in [3.8, 4) is 5.75 Å². The summed E-state index contributed by atoms with van der Waals surface area (Å²) in [6.07, 6.45) is 0.122. The molecule has 0 amide bonds. The van der Waals surface area contributed by atoms with Crippen molar-refractivity contribution in [2.24, 2.45) is 0 Å². The summed E-state index contributed by atoms with van der Waals surface area (Å²) >= 11 is 6.18. The number of rotatable bonds is 5. The lowest BCUT2D eigenvalue weighted by molar-refractivity contribution is -0.140. The van der Waals surface area contributed by atoms with E-state index in [1.807, 2.05) is 33.8 Å². The molecule has 0 N–H and O–H groups in total. The lowest BCUT2D eigenvalue weighted by Gasteiger charge is -2.32. The third-order valence-corrected chi connectivity index (χ3v) is 4.99. The van der Waals surface area contributed by atoms with Crippen molar-refractivity contribution in [3.63, 3.8) is 0 Å². The molecular formula is C17H24BClO5. The maximum absolute atomic E-state index is 11.9. The number of methoxy groups -OCH3 is 2. The molecule has 1 heterocycles. The molecule has 0 spiro atoms. The number of esters is 1. The molecule has 1 saturated heterocycles. The van der Waals surface area contributed by atoms with Gasteiger partial charge >= 0.3 is 13.1 Å². The van der Waals surface area contributed by atoms with E-state index >= 15 is 0 Å². The minimum absolute atomic E-state index is 0.122. The molecule has 1 aromatic rings. The van der Waals surface area contributed by atoms with Crippen LogP contribution in [0.25, 0.3) is 0 Å². The molecule has 24 heavy (non-hydrogen) atoms. The first-order valence-corrected chi connectivity index (χ1v) is 8.24. The molecule has 2 rings (SSSR count). The number of hydrogen-bond acceptors (Lipinski definition) is 5. The maximum atomic E-state index is 11.9. The summed E-state index contributed by atoms with van der Waals surface area (Å²) in [6.45, 7) is 7.89. The molecule has 1 aliphatic rings. The highest BCUT2D eigenvalue weighted by Crippen LogP contribution is 2.42. The largest absolute Gasteiger partial charge is 0.497 e. The number of carbonyl (C=O) groups excluding carboxylic acids is 1. The van der Waals surface area contributed by atoms with Gasteiger partial charge in [0, 0.05) is 10.8 Å². The van der Waals surface area contributed by atoms with Gasteiger partial charge in [-0.3, -0.25) is 4.79 Å². The number of carbonyl (C=O) groups is 1. The Morgan fingerprint density at radius 2 is 1.75 bits per heavy atom. The van der Waals surface area contributed by atoms with Crippen LogP contribution in [0.3, 0.4) is 0 Å². The average molecular weight is 355 g/mol. The standard InChI is InChI=1S/C17H24BClO5/c1-16(2)17(3,4)24-18(23-16)14(10-15(20)22-6)11-7-12(19)9-13(8-11)21-5/h7-9,14H,10H2,1-6H3. The summed E-state index contributed by atoms with van der Waals surface area (Å²) in [5.41, 5.74) is -0.174. The average Bonchev–Trinajstić information content (AvgIpc) is 2.71. The first kappa shape index (κ1) is 19.1. The van der Waals surface area contributed by atoms with Gasteiger partial charge in [-0.25, -0.2) is 0 Å². The Bertz CT molecular complexity index is 601. The van der Waals surface area contributed by atoms with Gasteiger partial charge in [-0.1, -0.05) is 11.6 Å². The van der Waals surface area contributed by atoms with Crippen molar-refractivity contribution in [1.29, 1.82) is 0 Å². The Hall–Kier alpha value is -1.24. The molecule has 1 fully saturated rings. The fraction of sp³-hybridized carbons (Fsp3) is 0.588. The third-order valence-electron chi connectivity index (χ3n) is 4.77. The second kappa shape index (κ2) is 6.94. The third kappa shape index (κ3) is 3.87. The summed E-state index contributed by atoms with van der Waals surface area (Å²) in [7, 11) is 2.35. The van der Waals surface area contributed by atoms with Crippen molar-refractivity contribution in [2.45, 2.75) is 51.1 Å². The Kier molecular flexibility index (Phi) is 5.52. The van der Waals surface area contributed by atoms with Gasteiger partial charge in [-0.05, 0) is 51.5 Å². The second-order valence-corrected chi connectivity index (χ2v) is 7.37. The quantitative estimate of drug-likeness (QED) is 0.597. The van der Waals surface area contributed by atoms with Crippen molar-refractivity contribution in [1.82, 2.24) is 0 Å². The molecule has 1 aliphatic heterocycles. The highest BCUT2D eigenvalue weighted by atomic mass is 35.5. The van der Waals surface area contributed by atoms with Crippen LogP contribution < -0.4 is 4.74 Å². The minimum Gasteiger partial charge on any atom is -0.497 e. The predicted molar refractivity (Wildman–Crippen MR) is 93.5 cm³/mol. The van der Waals surface area contributed by atoms with Crippen LogP contribution >= 0.6 is 11.6 Å². The topological polar surface area (TPSA) is 54.0 Å². The van der Waals surface area contributed by atoms with Crippen LogP contribution in [-0.2, 0) is 18.8 Å². The molecule has 0 saturated carbocycles. The van der Waals surface area contributed by atoms with Crippen LogP contribution in [0.1, 0.15) is 45.5 Å². The van der Waals surface area contributed by atoms with Crippen LogP contribution in [0.15, 0.2) is 18.2 Å². The van der Waals surface area contributed by atoms with Crippen molar-refractivity contribution in [3.05, 3.63) is 28.8 Å².